The first-order chi connectivity index (χ1) is 13.4. The van der Waals surface area contributed by atoms with Crippen LogP contribution in [-0.4, -0.2) is 49.1 Å². The highest BCUT2D eigenvalue weighted by Crippen LogP contribution is 2.38. The third kappa shape index (κ3) is 3.27. The van der Waals surface area contributed by atoms with Crippen molar-refractivity contribution >= 4 is 23.1 Å². The van der Waals surface area contributed by atoms with E-state index >= 15 is 0 Å². The number of amides is 2. The van der Waals surface area contributed by atoms with Crippen LogP contribution in [0.15, 0.2) is 48.2 Å². The monoisotopic (exact) mass is 380 g/mol. The average Bonchev–Trinajstić information content (AvgIpc) is 2.94. The Morgan fingerprint density at radius 2 is 1.75 bits per heavy atom. The predicted molar refractivity (Wildman–Crippen MR) is 108 cm³/mol. The third-order valence-corrected chi connectivity index (χ3v) is 5.00. The number of para-hydroxylation sites is 1. The molecule has 0 spiro atoms. The van der Waals surface area contributed by atoms with E-state index in [4.69, 9.17) is 4.74 Å². The van der Waals surface area contributed by atoms with Crippen molar-refractivity contribution in [2.45, 2.75) is 13.8 Å². The quantitative estimate of drug-likeness (QED) is 0.780. The van der Waals surface area contributed by atoms with Gasteiger partial charge in [-0.15, -0.1) is 0 Å². The van der Waals surface area contributed by atoms with E-state index in [0.717, 1.165) is 11.1 Å². The van der Waals surface area contributed by atoms with Gasteiger partial charge >= 0.3 is 0 Å². The average molecular weight is 380 g/mol. The lowest BCUT2D eigenvalue weighted by Gasteiger charge is -2.21. The number of carbonyl (C=O) groups is 2. The van der Waals surface area contributed by atoms with E-state index in [1.807, 2.05) is 32.0 Å². The Bertz CT molecular complexity index is 965. The smallest absolute Gasteiger partial charge is 0.282 e. The van der Waals surface area contributed by atoms with Crippen LogP contribution in [-0.2, 0) is 9.59 Å². The largest absolute Gasteiger partial charge is 0.496 e. The summed E-state index contributed by atoms with van der Waals surface area (Å²) in [5.41, 5.74) is 3.68. The molecular weight excluding hydrogens is 356 g/mol. The van der Waals surface area contributed by atoms with Crippen molar-refractivity contribution in [1.82, 2.24) is 4.90 Å². The first-order valence-electron chi connectivity index (χ1n) is 9.06. The van der Waals surface area contributed by atoms with E-state index in [2.05, 4.69) is 0 Å². The van der Waals surface area contributed by atoms with Crippen LogP contribution in [0.5, 0.6) is 5.75 Å². The van der Waals surface area contributed by atoms with Crippen LogP contribution >= 0.6 is 0 Å². The van der Waals surface area contributed by atoms with E-state index in [1.54, 1.807) is 36.2 Å². The van der Waals surface area contributed by atoms with E-state index < -0.39 is 11.8 Å². The molecule has 2 amide bonds. The molecule has 2 aromatic carbocycles. The molecule has 0 saturated carbocycles. The van der Waals surface area contributed by atoms with Gasteiger partial charge in [0.05, 0.1) is 25.0 Å². The highest BCUT2D eigenvalue weighted by Gasteiger charge is 2.42. The molecule has 0 aliphatic carbocycles. The number of benzene rings is 2. The summed E-state index contributed by atoms with van der Waals surface area (Å²) in [6.45, 7) is 4.01. The van der Waals surface area contributed by atoms with Crippen LogP contribution in [0.2, 0.25) is 0 Å². The molecular formula is C22H24N2O4. The van der Waals surface area contributed by atoms with Crippen molar-refractivity contribution in [3.8, 4) is 5.75 Å². The van der Waals surface area contributed by atoms with Gasteiger partial charge in [-0.3, -0.25) is 9.59 Å². The molecule has 0 saturated heterocycles. The van der Waals surface area contributed by atoms with Crippen LogP contribution in [0, 0.1) is 13.8 Å². The second-order valence-corrected chi connectivity index (χ2v) is 6.78. The van der Waals surface area contributed by atoms with Crippen LogP contribution in [0.3, 0.4) is 0 Å². The molecule has 1 heterocycles. The predicted octanol–water partition coefficient (Wildman–Crippen LogP) is 2.52. The Kier molecular flexibility index (Phi) is 5.51. The van der Waals surface area contributed by atoms with Gasteiger partial charge in [0.2, 0.25) is 0 Å². The highest BCUT2D eigenvalue weighted by atomic mass is 16.5. The lowest BCUT2D eigenvalue weighted by Crippen LogP contribution is -2.35. The van der Waals surface area contributed by atoms with Gasteiger partial charge < -0.3 is 14.7 Å². The van der Waals surface area contributed by atoms with Crippen molar-refractivity contribution in [2.75, 3.05) is 32.2 Å². The maximum Gasteiger partial charge on any atom is 0.282 e. The first kappa shape index (κ1) is 19.6. The number of hydrogen-bond donors (Lipinski definition) is 1. The topological polar surface area (TPSA) is 70.1 Å². The van der Waals surface area contributed by atoms with Crippen molar-refractivity contribution in [3.63, 3.8) is 0 Å². The second-order valence-electron chi connectivity index (χ2n) is 6.78. The standard InChI is InChI=1S/C22H24N2O4/c1-14-9-10-16(13-15(14)2)24-21(26)19(17-7-5-6-8-18(17)28-4)20(22(24)27)23(3)11-12-25/h5-10,13,25H,11-12H2,1-4H3. The van der Waals surface area contributed by atoms with Gasteiger partial charge in [-0.1, -0.05) is 24.3 Å². The van der Waals surface area contributed by atoms with Gasteiger partial charge in [0.25, 0.3) is 11.8 Å². The summed E-state index contributed by atoms with van der Waals surface area (Å²) in [5, 5.41) is 9.36. The van der Waals surface area contributed by atoms with E-state index in [0.29, 0.717) is 17.0 Å². The summed E-state index contributed by atoms with van der Waals surface area (Å²) in [6, 6.07) is 12.6. The minimum Gasteiger partial charge on any atom is -0.496 e. The van der Waals surface area contributed by atoms with Crippen LogP contribution < -0.4 is 9.64 Å². The second kappa shape index (κ2) is 7.86. The highest BCUT2D eigenvalue weighted by molar-refractivity contribution is 6.45. The first-order valence-corrected chi connectivity index (χ1v) is 9.06. The number of imide groups is 1. The molecule has 1 N–H and O–H groups in total. The zero-order valence-electron chi connectivity index (χ0n) is 16.5. The fraction of sp³-hybridized carbons (Fsp3) is 0.273. The molecule has 0 fully saturated rings. The number of methoxy groups -OCH3 is 1. The zero-order valence-corrected chi connectivity index (χ0v) is 16.5. The van der Waals surface area contributed by atoms with Crippen molar-refractivity contribution in [3.05, 3.63) is 64.9 Å². The molecule has 1 aliphatic rings. The minimum absolute atomic E-state index is 0.135. The summed E-state index contributed by atoms with van der Waals surface area (Å²) >= 11 is 0. The molecule has 0 radical (unpaired) electrons. The summed E-state index contributed by atoms with van der Waals surface area (Å²) in [4.78, 5) is 29.5. The van der Waals surface area contributed by atoms with Gasteiger partial charge in [0.15, 0.2) is 0 Å². The zero-order chi connectivity index (χ0) is 20.4. The number of hydrogen-bond acceptors (Lipinski definition) is 5. The number of aliphatic hydroxyl groups is 1. The van der Waals surface area contributed by atoms with Crippen LogP contribution in [0.25, 0.3) is 5.57 Å². The van der Waals surface area contributed by atoms with Gasteiger partial charge in [-0.05, 0) is 43.2 Å². The molecule has 0 unspecified atom stereocenters. The summed E-state index contributed by atoms with van der Waals surface area (Å²) in [6.07, 6.45) is 0. The maximum atomic E-state index is 13.4. The molecule has 1 aliphatic heterocycles. The third-order valence-electron chi connectivity index (χ3n) is 5.00. The van der Waals surface area contributed by atoms with Crippen LogP contribution in [0.1, 0.15) is 16.7 Å². The normalized spacial score (nSPS) is 14.1. The molecule has 0 atom stereocenters. The lowest BCUT2D eigenvalue weighted by molar-refractivity contribution is -0.120. The Labute approximate surface area is 164 Å². The van der Waals surface area contributed by atoms with Crippen molar-refractivity contribution in [1.29, 1.82) is 0 Å². The van der Waals surface area contributed by atoms with Gasteiger partial charge in [-0.25, -0.2) is 4.90 Å². The number of nitrogens with zero attached hydrogens (tertiary/aromatic N) is 2. The van der Waals surface area contributed by atoms with Crippen LogP contribution in [0.4, 0.5) is 5.69 Å². The molecule has 146 valence electrons. The number of anilines is 1. The Morgan fingerprint density at radius 1 is 1.04 bits per heavy atom. The molecule has 0 bridgehead atoms. The fourth-order valence-electron chi connectivity index (χ4n) is 3.33. The van der Waals surface area contributed by atoms with Crippen molar-refractivity contribution in [2.24, 2.45) is 0 Å². The lowest BCUT2D eigenvalue weighted by atomic mass is 10.0. The van der Waals surface area contributed by atoms with Crippen molar-refractivity contribution < 1.29 is 19.4 Å². The Balaban J connectivity index is 2.18. The molecule has 6 nitrogen and oxygen atoms in total. The SMILES string of the molecule is COc1ccccc1C1=C(N(C)CCO)C(=O)N(c2ccc(C)c(C)c2)C1=O. The van der Waals surface area contributed by atoms with Gasteiger partial charge in [0, 0.05) is 19.2 Å². The molecule has 0 aromatic heterocycles. The Hall–Kier alpha value is -3.12. The number of likely N-dealkylation sites (N-methyl/N-ethyl adjacent to an activating group) is 1. The van der Waals surface area contributed by atoms with E-state index in [1.165, 1.54) is 12.0 Å². The number of rotatable bonds is 6. The number of ether oxygens (including phenoxy) is 1. The Morgan fingerprint density at radius 3 is 2.39 bits per heavy atom. The number of aliphatic hydroxyl groups excluding tert-OH is 1. The minimum atomic E-state index is -0.412. The number of aryl methyl sites for hydroxylation is 2. The van der Waals surface area contributed by atoms with Gasteiger partial charge in [0.1, 0.15) is 11.4 Å². The number of carbonyl (C=O) groups excluding carboxylic acids is 2. The summed E-state index contributed by atoms with van der Waals surface area (Å²) in [7, 11) is 3.22. The molecule has 28 heavy (non-hydrogen) atoms. The summed E-state index contributed by atoms with van der Waals surface area (Å²) in [5.74, 6) is -0.307. The molecule has 6 heteroatoms. The maximum absolute atomic E-state index is 13.4. The molecule has 3 rings (SSSR count). The van der Waals surface area contributed by atoms with Gasteiger partial charge in [-0.2, -0.15) is 0 Å². The summed E-state index contributed by atoms with van der Waals surface area (Å²) < 4.78 is 5.42. The molecule has 2 aromatic rings. The van der Waals surface area contributed by atoms with E-state index in [9.17, 15) is 14.7 Å². The fourth-order valence-corrected chi connectivity index (χ4v) is 3.33. The van der Waals surface area contributed by atoms with E-state index in [-0.39, 0.29) is 24.4 Å².